The second-order valence-corrected chi connectivity index (χ2v) is 8.13. The fraction of sp³-hybridized carbons (Fsp3) is 0.167. The minimum Gasteiger partial charge on any atom is -0.342 e. The summed E-state index contributed by atoms with van der Waals surface area (Å²) in [7, 11) is 0. The van der Waals surface area contributed by atoms with Crippen molar-refractivity contribution in [3.63, 3.8) is 0 Å². The van der Waals surface area contributed by atoms with Crippen molar-refractivity contribution in [3.8, 4) is 0 Å². The van der Waals surface area contributed by atoms with Crippen LogP contribution in [-0.4, -0.2) is 15.5 Å². The van der Waals surface area contributed by atoms with Crippen molar-refractivity contribution < 1.29 is 4.79 Å². The molecule has 0 aliphatic heterocycles. The summed E-state index contributed by atoms with van der Waals surface area (Å²) in [5.74, 6) is 0.646. The first-order valence-corrected chi connectivity index (χ1v) is 10.4. The van der Waals surface area contributed by atoms with Crippen LogP contribution in [0.5, 0.6) is 0 Å². The van der Waals surface area contributed by atoms with Gasteiger partial charge in [0.25, 0.3) is 5.91 Å². The number of rotatable bonds is 5. The Morgan fingerprint density at radius 1 is 1.07 bits per heavy atom. The molecule has 4 aromatic rings. The molecule has 0 bridgehead atoms. The second kappa shape index (κ2) is 8.50. The number of imidazole rings is 1. The molecule has 1 amide bonds. The summed E-state index contributed by atoms with van der Waals surface area (Å²) in [6.45, 7) is 4.39. The third-order valence-electron chi connectivity index (χ3n) is 5.15. The van der Waals surface area contributed by atoms with Crippen LogP contribution in [0.25, 0.3) is 11.0 Å². The molecular weight excluding hydrogens is 417 g/mol. The number of nitrogens with zero attached hydrogens (tertiary/aromatic N) is 2. The van der Waals surface area contributed by atoms with E-state index in [9.17, 15) is 4.79 Å². The molecule has 1 heterocycles. The summed E-state index contributed by atoms with van der Waals surface area (Å²) in [6.07, 6.45) is 0. The van der Waals surface area contributed by atoms with E-state index in [2.05, 4.69) is 9.88 Å². The van der Waals surface area contributed by atoms with E-state index in [0.717, 1.165) is 28.0 Å². The number of para-hydroxylation sites is 2. The van der Waals surface area contributed by atoms with Crippen molar-refractivity contribution in [3.05, 3.63) is 99.3 Å². The molecule has 0 spiro atoms. The zero-order valence-corrected chi connectivity index (χ0v) is 18.2. The Morgan fingerprint density at radius 2 is 1.80 bits per heavy atom. The molecule has 4 nitrogen and oxygen atoms in total. The normalized spacial score (nSPS) is 12.1. The van der Waals surface area contributed by atoms with Crippen LogP contribution in [0.4, 0.5) is 0 Å². The SMILES string of the molecule is Cc1ccccc1C(=O)NC(C)c1nc2ccccc2n1Cc1ccc(Cl)cc1Cl. The molecule has 1 aromatic heterocycles. The molecule has 0 fully saturated rings. The average Bonchev–Trinajstić information content (AvgIpc) is 3.09. The maximum atomic E-state index is 12.8. The number of nitrogens with one attached hydrogen (secondary N) is 1. The van der Waals surface area contributed by atoms with Crippen LogP contribution in [0.3, 0.4) is 0 Å². The van der Waals surface area contributed by atoms with Crippen LogP contribution >= 0.6 is 23.2 Å². The molecular formula is C24H21Cl2N3O. The topological polar surface area (TPSA) is 46.9 Å². The number of amides is 1. The van der Waals surface area contributed by atoms with Gasteiger partial charge in [0.15, 0.2) is 0 Å². The third-order valence-corrected chi connectivity index (χ3v) is 5.74. The summed E-state index contributed by atoms with van der Waals surface area (Å²) in [5.41, 5.74) is 4.38. The zero-order valence-electron chi connectivity index (χ0n) is 16.7. The largest absolute Gasteiger partial charge is 0.342 e. The average molecular weight is 438 g/mol. The van der Waals surface area contributed by atoms with Gasteiger partial charge in [0.1, 0.15) is 5.82 Å². The molecule has 1 unspecified atom stereocenters. The number of halogens is 2. The van der Waals surface area contributed by atoms with Gasteiger partial charge in [-0.2, -0.15) is 0 Å². The van der Waals surface area contributed by atoms with E-state index in [1.54, 1.807) is 6.07 Å². The van der Waals surface area contributed by atoms with Crippen molar-refractivity contribution in [2.24, 2.45) is 0 Å². The number of carbonyl (C=O) groups is 1. The molecule has 3 aromatic carbocycles. The number of hydrogen-bond acceptors (Lipinski definition) is 2. The van der Waals surface area contributed by atoms with Crippen LogP contribution in [0.15, 0.2) is 66.7 Å². The highest BCUT2D eigenvalue weighted by Gasteiger charge is 2.20. The van der Waals surface area contributed by atoms with Crippen molar-refractivity contribution in [2.45, 2.75) is 26.4 Å². The molecule has 1 atom stereocenters. The first-order valence-electron chi connectivity index (χ1n) is 9.69. The molecule has 30 heavy (non-hydrogen) atoms. The van der Waals surface area contributed by atoms with Crippen LogP contribution < -0.4 is 5.32 Å². The lowest BCUT2D eigenvalue weighted by molar-refractivity contribution is 0.0937. The Labute approximate surface area is 185 Å². The van der Waals surface area contributed by atoms with Gasteiger partial charge in [-0.05, 0) is 55.3 Å². The number of fused-ring (bicyclic) bond motifs is 1. The Balaban J connectivity index is 1.70. The lowest BCUT2D eigenvalue weighted by Gasteiger charge is -2.17. The predicted molar refractivity (Wildman–Crippen MR) is 122 cm³/mol. The maximum absolute atomic E-state index is 12.8. The number of aromatic nitrogens is 2. The van der Waals surface area contributed by atoms with Crippen molar-refractivity contribution in [2.75, 3.05) is 0 Å². The summed E-state index contributed by atoms with van der Waals surface area (Å²) in [6, 6.07) is 20.6. The molecule has 0 saturated carbocycles. The predicted octanol–water partition coefficient (Wildman–Crippen LogP) is 6.19. The first kappa shape index (κ1) is 20.5. The lowest BCUT2D eigenvalue weighted by atomic mass is 10.1. The van der Waals surface area contributed by atoms with E-state index in [0.29, 0.717) is 22.2 Å². The first-order chi connectivity index (χ1) is 14.4. The lowest BCUT2D eigenvalue weighted by Crippen LogP contribution is -2.29. The van der Waals surface area contributed by atoms with Crippen LogP contribution in [0.1, 0.15) is 40.3 Å². The van der Waals surface area contributed by atoms with Gasteiger partial charge in [-0.3, -0.25) is 4.79 Å². The van der Waals surface area contributed by atoms with E-state index in [1.165, 1.54) is 0 Å². The fourth-order valence-electron chi connectivity index (χ4n) is 3.58. The highest BCUT2D eigenvalue weighted by atomic mass is 35.5. The summed E-state index contributed by atoms with van der Waals surface area (Å²) < 4.78 is 2.09. The standard InChI is InChI=1S/C24H21Cl2N3O/c1-15-7-3-4-8-19(15)24(30)27-16(2)23-28-21-9-5-6-10-22(21)29(23)14-17-11-12-18(25)13-20(17)26/h3-13,16H,14H2,1-2H3,(H,27,30). The van der Waals surface area contributed by atoms with Gasteiger partial charge in [-0.15, -0.1) is 0 Å². The van der Waals surface area contributed by atoms with Gasteiger partial charge in [-0.25, -0.2) is 4.98 Å². The van der Waals surface area contributed by atoms with E-state index in [1.807, 2.05) is 74.5 Å². The molecule has 4 rings (SSSR count). The quantitative estimate of drug-likeness (QED) is 0.404. The highest BCUT2D eigenvalue weighted by Crippen LogP contribution is 2.26. The third kappa shape index (κ3) is 4.07. The van der Waals surface area contributed by atoms with Gasteiger partial charge >= 0.3 is 0 Å². The number of benzene rings is 3. The summed E-state index contributed by atoms with van der Waals surface area (Å²) >= 11 is 12.5. The summed E-state index contributed by atoms with van der Waals surface area (Å²) in [5, 5.41) is 4.28. The number of carbonyl (C=O) groups excluding carboxylic acids is 1. The van der Waals surface area contributed by atoms with Crippen molar-refractivity contribution in [1.82, 2.24) is 14.9 Å². The Kier molecular flexibility index (Phi) is 5.80. The van der Waals surface area contributed by atoms with Gasteiger partial charge < -0.3 is 9.88 Å². The fourth-order valence-corrected chi connectivity index (χ4v) is 4.05. The Hall–Kier alpha value is -2.82. The minimum atomic E-state index is -0.296. The zero-order chi connectivity index (χ0) is 21.3. The number of hydrogen-bond donors (Lipinski definition) is 1. The minimum absolute atomic E-state index is 0.122. The molecule has 0 aliphatic rings. The van der Waals surface area contributed by atoms with E-state index >= 15 is 0 Å². The molecule has 152 valence electrons. The Morgan fingerprint density at radius 3 is 2.57 bits per heavy atom. The van der Waals surface area contributed by atoms with Crippen LogP contribution in [-0.2, 0) is 6.54 Å². The molecule has 6 heteroatoms. The van der Waals surface area contributed by atoms with Gasteiger partial charge in [-0.1, -0.05) is 59.6 Å². The maximum Gasteiger partial charge on any atom is 0.252 e. The Bertz CT molecular complexity index is 1230. The molecule has 0 aliphatic carbocycles. The van der Waals surface area contributed by atoms with Crippen molar-refractivity contribution >= 4 is 40.1 Å². The van der Waals surface area contributed by atoms with E-state index < -0.39 is 0 Å². The van der Waals surface area contributed by atoms with Crippen molar-refractivity contribution in [1.29, 1.82) is 0 Å². The van der Waals surface area contributed by atoms with E-state index in [-0.39, 0.29) is 11.9 Å². The monoisotopic (exact) mass is 437 g/mol. The molecule has 0 saturated heterocycles. The second-order valence-electron chi connectivity index (χ2n) is 7.29. The summed E-state index contributed by atoms with van der Waals surface area (Å²) in [4.78, 5) is 17.6. The molecule has 0 radical (unpaired) electrons. The van der Waals surface area contributed by atoms with Gasteiger partial charge in [0.2, 0.25) is 0 Å². The van der Waals surface area contributed by atoms with Gasteiger partial charge in [0.05, 0.1) is 23.6 Å². The van der Waals surface area contributed by atoms with Crippen LogP contribution in [0, 0.1) is 6.92 Å². The van der Waals surface area contributed by atoms with Gasteiger partial charge in [0, 0.05) is 15.6 Å². The highest BCUT2D eigenvalue weighted by molar-refractivity contribution is 6.35. The smallest absolute Gasteiger partial charge is 0.252 e. The number of aryl methyl sites for hydroxylation is 1. The van der Waals surface area contributed by atoms with E-state index in [4.69, 9.17) is 28.2 Å². The van der Waals surface area contributed by atoms with Crippen LogP contribution in [0.2, 0.25) is 10.0 Å². The molecule has 1 N–H and O–H groups in total.